The lowest BCUT2D eigenvalue weighted by Gasteiger charge is -2.41. The molecule has 0 aliphatic carbocycles. The van der Waals surface area contributed by atoms with E-state index in [-0.39, 0.29) is 6.61 Å². The summed E-state index contributed by atoms with van der Waals surface area (Å²) in [5.41, 5.74) is -0.415. The number of rotatable bonds is 5. The van der Waals surface area contributed by atoms with Crippen LogP contribution < -0.4 is 5.32 Å². The summed E-state index contributed by atoms with van der Waals surface area (Å²) in [5.74, 6) is -1.55. The number of fused-ring (bicyclic) bond motifs is 1. The molecule has 10 heteroatoms. The number of aliphatic imine (C=N–C) groups is 1. The highest BCUT2D eigenvalue weighted by Crippen LogP contribution is 2.36. The van der Waals surface area contributed by atoms with Gasteiger partial charge in [0.05, 0.1) is 0 Å². The molecule has 0 saturated carbocycles. The smallest absolute Gasteiger partial charge is 0.303 e. The molecule has 0 aromatic carbocycles. The predicted octanol–water partition coefficient (Wildman–Crippen LogP) is 0.219. The molecular weight excluding hydrogens is 352 g/mol. The Morgan fingerprint density at radius 2 is 1.76 bits per heavy atom. The van der Waals surface area contributed by atoms with Gasteiger partial charge < -0.3 is 24.3 Å². The Morgan fingerprint density at radius 3 is 2.32 bits per heavy atom. The minimum Gasteiger partial charge on any atom is -0.463 e. The van der Waals surface area contributed by atoms with Crippen LogP contribution in [0, 0.1) is 0 Å². The van der Waals surface area contributed by atoms with E-state index >= 15 is 0 Å². The molecule has 2 fully saturated rings. The fourth-order valence-corrected chi connectivity index (χ4v) is 3.87. The predicted molar refractivity (Wildman–Crippen MR) is 88.9 cm³/mol. The van der Waals surface area contributed by atoms with Crippen molar-refractivity contribution in [2.45, 2.75) is 57.5 Å². The molecule has 25 heavy (non-hydrogen) atoms. The van der Waals surface area contributed by atoms with Crippen molar-refractivity contribution >= 4 is 34.8 Å². The maximum Gasteiger partial charge on any atom is 0.303 e. The molecule has 1 unspecified atom stereocenters. The van der Waals surface area contributed by atoms with Gasteiger partial charge in [-0.2, -0.15) is 0 Å². The number of hydrogen-bond donors (Lipinski definition) is 1. The van der Waals surface area contributed by atoms with E-state index in [4.69, 9.17) is 18.9 Å². The molecule has 2 saturated heterocycles. The van der Waals surface area contributed by atoms with Crippen LogP contribution >= 0.6 is 11.8 Å². The van der Waals surface area contributed by atoms with Crippen LogP contribution in [0.1, 0.15) is 27.7 Å². The standard InChI is InChI=1S/C15H22N2O7S/c1-5-16-15-17-11-13(23-9(4)20)12(22-8(3)19)10(6-21-7(2)18)24-14(11)25-15/h10-14H,5-6H2,1-4H3,(H,16,17)/t10-,11?,12-,13-,14+/m1/s1. The molecule has 0 radical (unpaired) electrons. The zero-order chi connectivity index (χ0) is 18.6. The fourth-order valence-electron chi connectivity index (χ4n) is 2.67. The number of thioether (sulfide) groups is 1. The second-order valence-corrected chi connectivity index (χ2v) is 6.65. The third-order valence-electron chi connectivity index (χ3n) is 3.52. The molecular formula is C15H22N2O7S. The highest BCUT2D eigenvalue weighted by atomic mass is 32.2. The van der Waals surface area contributed by atoms with E-state index in [1.54, 1.807) is 0 Å². The van der Waals surface area contributed by atoms with Crippen LogP contribution in [0.2, 0.25) is 0 Å². The van der Waals surface area contributed by atoms with Crippen molar-refractivity contribution in [2.24, 2.45) is 4.99 Å². The van der Waals surface area contributed by atoms with E-state index in [1.807, 2.05) is 6.92 Å². The number of nitrogens with zero attached hydrogens (tertiary/aromatic N) is 1. The van der Waals surface area contributed by atoms with Gasteiger partial charge in [-0.15, -0.1) is 0 Å². The Bertz CT molecular complexity index is 568. The van der Waals surface area contributed by atoms with Crippen molar-refractivity contribution < 1.29 is 33.3 Å². The van der Waals surface area contributed by atoms with Crippen LogP contribution in [0.5, 0.6) is 0 Å². The third kappa shape index (κ3) is 5.08. The first kappa shape index (κ1) is 19.5. The Labute approximate surface area is 149 Å². The minimum atomic E-state index is -0.906. The van der Waals surface area contributed by atoms with Crippen molar-refractivity contribution in [3.8, 4) is 0 Å². The van der Waals surface area contributed by atoms with Crippen LogP contribution in [0.15, 0.2) is 4.99 Å². The topological polar surface area (TPSA) is 113 Å². The van der Waals surface area contributed by atoms with Gasteiger partial charge in [-0.3, -0.25) is 19.4 Å². The van der Waals surface area contributed by atoms with Crippen LogP contribution in [0.25, 0.3) is 0 Å². The summed E-state index contributed by atoms with van der Waals surface area (Å²) in [4.78, 5) is 38.5. The molecule has 0 amide bonds. The number of carbonyl (C=O) groups is 3. The van der Waals surface area contributed by atoms with Crippen molar-refractivity contribution in [3.63, 3.8) is 0 Å². The summed E-state index contributed by atoms with van der Waals surface area (Å²) in [6, 6.07) is -0.433. The summed E-state index contributed by atoms with van der Waals surface area (Å²) < 4.78 is 21.7. The van der Waals surface area contributed by atoms with Gasteiger partial charge in [0.1, 0.15) is 24.2 Å². The normalized spacial score (nSPS) is 32.5. The Kier molecular flexibility index (Phi) is 6.65. The molecule has 0 bridgehead atoms. The van der Waals surface area contributed by atoms with Crippen molar-refractivity contribution in [1.82, 2.24) is 5.32 Å². The minimum absolute atomic E-state index is 0.116. The lowest BCUT2D eigenvalue weighted by atomic mass is 9.97. The maximum atomic E-state index is 11.6. The molecule has 140 valence electrons. The van der Waals surface area contributed by atoms with E-state index in [2.05, 4.69) is 10.3 Å². The number of amidine groups is 1. The van der Waals surface area contributed by atoms with E-state index in [1.165, 1.54) is 32.5 Å². The second-order valence-electron chi connectivity index (χ2n) is 5.56. The van der Waals surface area contributed by atoms with Gasteiger partial charge in [0.15, 0.2) is 17.4 Å². The SMILES string of the molecule is CCN=C1NC2[C@@H](OC(C)=O)[C@H](OC(C)=O)[C@@H](COC(C)=O)O[C@H]2S1. The molecule has 0 spiro atoms. The summed E-state index contributed by atoms with van der Waals surface area (Å²) in [6.45, 7) is 6.16. The number of esters is 3. The summed E-state index contributed by atoms with van der Waals surface area (Å²) in [5, 5.41) is 3.81. The fraction of sp³-hybridized carbons (Fsp3) is 0.733. The zero-order valence-electron chi connectivity index (χ0n) is 14.5. The van der Waals surface area contributed by atoms with Gasteiger partial charge in [0.2, 0.25) is 0 Å². The van der Waals surface area contributed by atoms with Crippen molar-refractivity contribution in [1.29, 1.82) is 0 Å². The van der Waals surface area contributed by atoms with Crippen LogP contribution in [0.3, 0.4) is 0 Å². The van der Waals surface area contributed by atoms with E-state index < -0.39 is 47.7 Å². The largest absolute Gasteiger partial charge is 0.463 e. The zero-order valence-corrected chi connectivity index (χ0v) is 15.3. The maximum absolute atomic E-state index is 11.6. The molecule has 5 atom stereocenters. The molecule has 1 N–H and O–H groups in total. The second kappa shape index (κ2) is 8.52. The van der Waals surface area contributed by atoms with Gasteiger partial charge in [-0.1, -0.05) is 11.8 Å². The van der Waals surface area contributed by atoms with Gasteiger partial charge in [-0.05, 0) is 6.92 Å². The Balaban J connectivity index is 2.27. The molecule has 0 aromatic heterocycles. The molecule has 0 aromatic rings. The summed E-state index contributed by atoms with van der Waals surface area (Å²) in [6.07, 6.45) is -2.46. The Hall–Kier alpha value is -1.81. The molecule has 2 aliphatic heterocycles. The van der Waals surface area contributed by atoms with Crippen LogP contribution in [-0.2, 0) is 33.3 Å². The molecule has 2 aliphatic rings. The highest BCUT2D eigenvalue weighted by molar-refractivity contribution is 8.14. The lowest BCUT2D eigenvalue weighted by molar-refractivity contribution is -0.209. The summed E-state index contributed by atoms with van der Waals surface area (Å²) in [7, 11) is 0. The number of hydrogen-bond acceptors (Lipinski definition) is 9. The van der Waals surface area contributed by atoms with Gasteiger partial charge in [-0.25, -0.2) is 0 Å². The Morgan fingerprint density at radius 1 is 1.12 bits per heavy atom. The van der Waals surface area contributed by atoms with Crippen LogP contribution in [0.4, 0.5) is 0 Å². The van der Waals surface area contributed by atoms with Crippen LogP contribution in [-0.4, -0.2) is 66.0 Å². The van der Waals surface area contributed by atoms with Gasteiger partial charge >= 0.3 is 17.9 Å². The van der Waals surface area contributed by atoms with Gasteiger partial charge in [0, 0.05) is 27.3 Å². The molecule has 2 rings (SSSR count). The first-order chi connectivity index (χ1) is 11.8. The van der Waals surface area contributed by atoms with Gasteiger partial charge in [0.25, 0.3) is 0 Å². The van der Waals surface area contributed by atoms with E-state index in [0.717, 1.165) is 0 Å². The lowest BCUT2D eigenvalue weighted by Crippen LogP contribution is -2.62. The first-order valence-corrected chi connectivity index (χ1v) is 8.80. The van der Waals surface area contributed by atoms with Crippen molar-refractivity contribution in [3.05, 3.63) is 0 Å². The monoisotopic (exact) mass is 374 g/mol. The third-order valence-corrected chi connectivity index (χ3v) is 4.63. The number of nitrogens with one attached hydrogen (secondary N) is 1. The number of carbonyl (C=O) groups excluding carboxylic acids is 3. The average Bonchev–Trinajstić information content (AvgIpc) is 2.89. The molecule has 2 heterocycles. The highest BCUT2D eigenvalue weighted by Gasteiger charge is 2.53. The van der Waals surface area contributed by atoms with Crippen molar-refractivity contribution in [2.75, 3.05) is 13.2 Å². The number of ether oxygens (including phenoxy) is 4. The average molecular weight is 374 g/mol. The van der Waals surface area contributed by atoms with E-state index in [9.17, 15) is 14.4 Å². The quantitative estimate of drug-likeness (QED) is 0.533. The first-order valence-electron chi connectivity index (χ1n) is 7.92. The summed E-state index contributed by atoms with van der Waals surface area (Å²) >= 11 is 1.35. The molecule has 9 nitrogen and oxygen atoms in total. The van der Waals surface area contributed by atoms with E-state index in [0.29, 0.717) is 11.7 Å².